The van der Waals surface area contributed by atoms with Gasteiger partial charge in [0.05, 0.1) is 23.0 Å². The molecule has 0 saturated carbocycles. The van der Waals surface area contributed by atoms with Crippen LogP contribution in [-0.4, -0.2) is 15.0 Å². The zero-order chi connectivity index (χ0) is 13.8. The van der Waals surface area contributed by atoms with Crippen molar-refractivity contribution in [2.24, 2.45) is 5.84 Å². The SMILES string of the molecule is CCCn1nncc1C(NN)c1cccc(Br)c1Cl. The van der Waals surface area contributed by atoms with Crippen LogP contribution in [0.5, 0.6) is 0 Å². The Morgan fingerprint density at radius 1 is 1.53 bits per heavy atom. The fourth-order valence-electron chi connectivity index (χ4n) is 1.95. The second kappa shape index (κ2) is 6.47. The Bertz CT molecular complexity index is 557. The van der Waals surface area contributed by atoms with E-state index in [-0.39, 0.29) is 6.04 Å². The molecule has 1 aromatic heterocycles. The number of benzene rings is 1. The zero-order valence-electron chi connectivity index (χ0n) is 10.5. The summed E-state index contributed by atoms with van der Waals surface area (Å²) in [5, 5.41) is 8.65. The van der Waals surface area contributed by atoms with Gasteiger partial charge in [0, 0.05) is 11.0 Å². The fraction of sp³-hybridized carbons (Fsp3) is 0.333. The summed E-state index contributed by atoms with van der Waals surface area (Å²) in [5.74, 6) is 5.69. The first kappa shape index (κ1) is 14.5. The summed E-state index contributed by atoms with van der Waals surface area (Å²) in [5.41, 5.74) is 4.56. The summed E-state index contributed by atoms with van der Waals surface area (Å²) < 4.78 is 2.67. The van der Waals surface area contributed by atoms with Gasteiger partial charge in [-0.15, -0.1) is 5.10 Å². The standard InChI is InChI=1S/C12H15BrClN5/c1-2-6-19-10(7-16-18-19)12(17-15)8-4-3-5-9(13)11(8)14/h3-5,7,12,17H,2,6,15H2,1H3. The molecule has 0 aliphatic heterocycles. The van der Waals surface area contributed by atoms with Crippen molar-refractivity contribution in [2.75, 3.05) is 0 Å². The van der Waals surface area contributed by atoms with Gasteiger partial charge in [-0.25, -0.2) is 10.1 Å². The highest BCUT2D eigenvalue weighted by Gasteiger charge is 2.21. The predicted octanol–water partition coefficient (Wildman–Crippen LogP) is 2.66. The third kappa shape index (κ3) is 2.97. The molecule has 0 saturated heterocycles. The number of hydrogen-bond donors (Lipinski definition) is 2. The van der Waals surface area contributed by atoms with E-state index in [9.17, 15) is 0 Å². The van der Waals surface area contributed by atoms with Gasteiger partial charge < -0.3 is 0 Å². The number of nitrogens with one attached hydrogen (secondary N) is 1. The van der Waals surface area contributed by atoms with Crippen LogP contribution in [0.4, 0.5) is 0 Å². The molecule has 0 fully saturated rings. The molecule has 0 bridgehead atoms. The highest BCUT2D eigenvalue weighted by atomic mass is 79.9. The van der Waals surface area contributed by atoms with Gasteiger partial charge in [0.2, 0.25) is 0 Å². The predicted molar refractivity (Wildman–Crippen MR) is 78.6 cm³/mol. The van der Waals surface area contributed by atoms with E-state index in [2.05, 4.69) is 38.6 Å². The van der Waals surface area contributed by atoms with E-state index < -0.39 is 0 Å². The molecule has 1 atom stereocenters. The van der Waals surface area contributed by atoms with E-state index in [1.165, 1.54) is 0 Å². The third-order valence-corrected chi connectivity index (χ3v) is 4.15. The van der Waals surface area contributed by atoms with Gasteiger partial charge >= 0.3 is 0 Å². The molecule has 3 N–H and O–H groups in total. The van der Waals surface area contributed by atoms with Gasteiger partial charge in [-0.3, -0.25) is 5.84 Å². The van der Waals surface area contributed by atoms with Crippen LogP contribution in [0.2, 0.25) is 5.02 Å². The number of halogens is 2. The maximum atomic E-state index is 6.32. The van der Waals surface area contributed by atoms with Crippen molar-refractivity contribution < 1.29 is 0 Å². The number of aryl methyl sites for hydroxylation is 1. The quantitative estimate of drug-likeness (QED) is 0.646. The van der Waals surface area contributed by atoms with Gasteiger partial charge in [-0.1, -0.05) is 35.9 Å². The molecule has 0 radical (unpaired) electrons. The van der Waals surface area contributed by atoms with Gasteiger partial charge in [0.15, 0.2) is 0 Å². The van der Waals surface area contributed by atoms with Gasteiger partial charge in [-0.05, 0) is 34.0 Å². The average molecular weight is 345 g/mol. The Morgan fingerprint density at radius 2 is 2.32 bits per heavy atom. The number of rotatable bonds is 5. The van der Waals surface area contributed by atoms with E-state index in [1.54, 1.807) is 6.20 Å². The molecule has 7 heteroatoms. The van der Waals surface area contributed by atoms with Crippen LogP contribution in [0.1, 0.15) is 30.6 Å². The second-order valence-electron chi connectivity index (χ2n) is 4.12. The van der Waals surface area contributed by atoms with E-state index in [4.69, 9.17) is 17.4 Å². The fourth-order valence-corrected chi connectivity index (χ4v) is 2.57. The normalized spacial score (nSPS) is 12.6. The zero-order valence-corrected chi connectivity index (χ0v) is 12.8. The van der Waals surface area contributed by atoms with Gasteiger partial charge in [0.1, 0.15) is 0 Å². The number of aromatic nitrogens is 3. The lowest BCUT2D eigenvalue weighted by atomic mass is 10.0. The Labute approximate surface area is 125 Å². The molecule has 0 spiro atoms. The Balaban J connectivity index is 2.44. The third-order valence-electron chi connectivity index (χ3n) is 2.84. The molecule has 1 heterocycles. The second-order valence-corrected chi connectivity index (χ2v) is 5.36. The summed E-state index contributed by atoms with van der Waals surface area (Å²) in [6.45, 7) is 2.88. The van der Waals surface area contributed by atoms with Gasteiger partial charge in [-0.2, -0.15) is 0 Å². The molecule has 1 aromatic carbocycles. The Hall–Kier alpha value is -0.950. The molecular formula is C12H15BrClN5. The Kier molecular flexibility index (Phi) is 4.93. The smallest absolute Gasteiger partial charge is 0.0909 e. The maximum absolute atomic E-state index is 6.32. The minimum atomic E-state index is -0.244. The van der Waals surface area contributed by atoms with Crippen molar-refractivity contribution in [3.63, 3.8) is 0 Å². The number of hydrogen-bond acceptors (Lipinski definition) is 4. The monoisotopic (exact) mass is 343 g/mol. The van der Waals surface area contributed by atoms with Gasteiger partial charge in [0.25, 0.3) is 0 Å². The van der Waals surface area contributed by atoms with Crippen molar-refractivity contribution >= 4 is 27.5 Å². The molecule has 0 aliphatic rings. The first-order chi connectivity index (χ1) is 9.19. The number of nitrogens with zero attached hydrogens (tertiary/aromatic N) is 3. The first-order valence-electron chi connectivity index (χ1n) is 5.97. The summed E-state index contributed by atoms with van der Waals surface area (Å²) in [7, 11) is 0. The molecule has 0 amide bonds. The molecule has 2 rings (SSSR count). The lowest BCUT2D eigenvalue weighted by Crippen LogP contribution is -2.31. The van der Waals surface area contributed by atoms with Crippen LogP contribution in [0.25, 0.3) is 0 Å². The lowest BCUT2D eigenvalue weighted by Gasteiger charge is -2.19. The van der Waals surface area contributed by atoms with Crippen LogP contribution < -0.4 is 11.3 Å². The maximum Gasteiger partial charge on any atom is 0.0909 e. The average Bonchev–Trinajstić information content (AvgIpc) is 2.84. The van der Waals surface area contributed by atoms with E-state index >= 15 is 0 Å². The van der Waals surface area contributed by atoms with Crippen LogP contribution in [0.3, 0.4) is 0 Å². The minimum Gasteiger partial charge on any atom is -0.271 e. The van der Waals surface area contributed by atoms with E-state index in [0.29, 0.717) is 5.02 Å². The van der Waals surface area contributed by atoms with Crippen LogP contribution in [0.15, 0.2) is 28.9 Å². The molecule has 0 aliphatic carbocycles. The van der Waals surface area contributed by atoms with Crippen molar-refractivity contribution in [3.05, 3.63) is 45.1 Å². The summed E-state index contributed by atoms with van der Waals surface area (Å²) in [4.78, 5) is 0. The van der Waals surface area contributed by atoms with E-state index in [0.717, 1.165) is 28.7 Å². The molecule has 102 valence electrons. The highest BCUT2D eigenvalue weighted by Crippen LogP contribution is 2.32. The minimum absolute atomic E-state index is 0.244. The molecule has 5 nitrogen and oxygen atoms in total. The summed E-state index contributed by atoms with van der Waals surface area (Å²) in [6.07, 6.45) is 2.68. The number of nitrogens with two attached hydrogens (primary N) is 1. The van der Waals surface area contributed by atoms with Crippen LogP contribution in [0, 0.1) is 0 Å². The Morgan fingerprint density at radius 3 is 3.00 bits per heavy atom. The molecular weight excluding hydrogens is 330 g/mol. The lowest BCUT2D eigenvalue weighted by molar-refractivity contribution is 0.512. The highest BCUT2D eigenvalue weighted by molar-refractivity contribution is 9.10. The summed E-state index contributed by atoms with van der Waals surface area (Å²) in [6, 6.07) is 5.50. The van der Waals surface area contributed by atoms with Crippen molar-refractivity contribution in [1.82, 2.24) is 20.4 Å². The largest absolute Gasteiger partial charge is 0.271 e. The van der Waals surface area contributed by atoms with Crippen molar-refractivity contribution in [2.45, 2.75) is 25.9 Å². The topological polar surface area (TPSA) is 68.8 Å². The summed E-state index contributed by atoms with van der Waals surface area (Å²) >= 11 is 9.74. The van der Waals surface area contributed by atoms with Crippen LogP contribution in [-0.2, 0) is 6.54 Å². The molecule has 2 aromatic rings. The van der Waals surface area contributed by atoms with Crippen molar-refractivity contribution in [1.29, 1.82) is 0 Å². The van der Waals surface area contributed by atoms with Crippen molar-refractivity contribution in [3.8, 4) is 0 Å². The van der Waals surface area contributed by atoms with Crippen LogP contribution >= 0.6 is 27.5 Å². The van der Waals surface area contributed by atoms with E-state index in [1.807, 2.05) is 22.9 Å². The first-order valence-corrected chi connectivity index (χ1v) is 7.14. The molecule has 19 heavy (non-hydrogen) atoms. The molecule has 1 unspecified atom stereocenters. The number of hydrazine groups is 1.